The van der Waals surface area contributed by atoms with Crippen molar-refractivity contribution >= 4 is 17.7 Å². The number of aryl methyl sites for hydroxylation is 1. The summed E-state index contributed by atoms with van der Waals surface area (Å²) in [6.45, 7) is 4.79. The van der Waals surface area contributed by atoms with Crippen LogP contribution in [-0.2, 0) is 20.7 Å². The lowest BCUT2D eigenvalue weighted by Gasteiger charge is -2.37. The largest absolute Gasteiger partial charge is 0.467 e. The summed E-state index contributed by atoms with van der Waals surface area (Å²) >= 11 is 0. The molecule has 0 bridgehead atoms. The molecule has 27 heavy (non-hydrogen) atoms. The molecular formula is C21H28N2O4. The number of hydrogen-bond acceptors (Lipinski definition) is 5. The topological polar surface area (TPSA) is 75.7 Å². The second kappa shape index (κ2) is 7.43. The van der Waals surface area contributed by atoms with E-state index in [0.717, 1.165) is 17.5 Å². The van der Waals surface area contributed by atoms with Gasteiger partial charge in [0.2, 0.25) is 5.91 Å². The minimum Gasteiger partial charge on any atom is -0.467 e. The Morgan fingerprint density at radius 2 is 2.00 bits per heavy atom. The lowest BCUT2D eigenvalue weighted by Crippen LogP contribution is -2.53. The number of amides is 1. The molecule has 1 fully saturated rings. The van der Waals surface area contributed by atoms with Crippen LogP contribution >= 0.6 is 0 Å². The minimum atomic E-state index is -0.731. The van der Waals surface area contributed by atoms with Crippen molar-refractivity contribution in [3.63, 3.8) is 0 Å². The summed E-state index contributed by atoms with van der Waals surface area (Å²) in [5, 5.41) is 2.85. The lowest BCUT2D eigenvalue weighted by molar-refractivity contribution is -0.147. The van der Waals surface area contributed by atoms with E-state index in [1.165, 1.54) is 7.11 Å². The van der Waals surface area contributed by atoms with Crippen LogP contribution in [0.3, 0.4) is 0 Å². The summed E-state index contributed by atoms with van der Waals surface area (Å²) in [5.74, 6) is -1.23. The van der Waals surface area contributed by atoms with Gasteiger partial charge in [0.15, 0.2) is 5.78 Å². The minimum absolute atomic E-state index is 0.0491. The molecule has 1 aromatic carbocycles. The third-order valence-electron chi connectivity index (χ3n) is 6.00. The van der Waals surface area contributed by atoms with Gasteiger partial charge in [-0.3, -0.25) is 9.59 Å². The molecule has 1 saturated heterocycles. The highest BCUT2D eigenvalue weighted by Crippen LogP contribution is 2.46. The fourth-order valence-corrected chi connectivity index (χ4v) is 4.54. The molecule has 1 amide bonds. The van der Waals surface area contributed by atoms with Gasteiger partial charge in [0.05, 0.1) is 18.4 Å². The first-order chi connectivity index (χ1) is 12.8. The van der Waals surface area contributed by atoms with E-state index in [4.69, 9.17) is 4.74 Å². The smallest absolute Gasteiger partial charge is 0.328 e. The Kier molecular flexibility index (Phi) is 5.38. The number of nitrogens with one attached hydrogen (secondary N) is 1. The fourth-order valence-electron chi connectivity index (χ4n) is 4.54. The highest BCUT2D eigenvalue weighted by Gasteiger charge is 2.55. The van der Waals surface area contributed by atoms with E-state index >= 15 is 0 Å². The molecule has 0 aromatic heterocycles. The summed E-state index contributed by atoms with van der Waals surface area (Å²) in [7, 11) is 3.25. The number of ketones is 1. The molecule has 1 N–H and O–H groups in total. The number of ether oxygens (including phenoxy) is 1. The van der Waals surface area contributed by atoms with Gasteiger partial charge < -0.3 is 15.0 Å². The van der Waals surface area contributed by atoms with Crippen molar-refractivity contribution in [1.82, 2.24) is 10.2 Å². The Bertz CT molecular complexity index is 760. The summed E-state index contributed by atoms with van der Waals surface area (Å²) in [6, 6.07) is 6.95. The van der Waals surface area contributed by atoms with Crippen LogP contribution in [-0.4, -0.2) is 55.8 Å². The third kappa shape index (κ3) is 3.38. The molecule has 1 heterocycles. The number of methoxy groups -OCH3 is 1. The van der Waals surface area contributed by atoms with Crippen LogP contribution in [0.2, 0.25) is 0 Å². The van der Waals surface area contributed by atoms with Gasteiger partial charge in [-0.25, -0.2) is 4.79 Å². The van der Waals surface area contributed by atoms with E-state index in [1.807, 2.05) is 50.1 Å². The Labute approximate surface area is 160 Å². The van der Waals surface area contributed by atoms with E-state index in [2.05, 4.69) is 5.32 Å². The molecule has 0 unspecified atom stereocenters. The summed E-state index contributed by atoms with van der Waals surface area (Å²) < 4.78 is 4.83. The van der Waals surface area contributed by atoms with Gasteiger partial charge in [0.25, 0.3) is 0 Å². The summed E-state index contributed by atoms with van der Waals surface area (Å²) in [5.41, 5.74) is 1.05. The highest BCUT2D eigenvalue weighted by molar-refractivity contribution is 6.06. The molecule has 0 saturated carbocycles. The zero-order chi connectivity index (χ0) is 19.8. The van der Waals surface area contributed by atoms with E-state index in [1.54, 1.807) is 0 Å². The number of carbonyl (C=O) groups excluding carboxylic acids is 3. The number of nitrogens with zero attached hydrogens (tertiary/aromatic N) is 1. The Morgan fingerprint density at radius 3 is 2.67 bits per heavy atom. The summed E-state index contributed by atoms with van der Waals surface area (Å²) in [6.07, 6.45) is 1.43. The van der Waals surface area contributed by atoms with Crippen LogP contribution in [0.4, 0.5) is 0 Å². The number of fused-ring (bicyclic) bond motifs is 1. The first-order valence-corrected chi connectivity index (χ1v) is 9.49. The molecule has 1 aliphatic carbocycles. The summed E-state index contributed by atoms with van der Waals surface area (Å²) in [4.78, 5) is 40.7. The SMILES string of the molecule is COC(=O)[C@H](NC(=O)[C@H]1CN(C)C[C@@]12CCc1ccccc1C2=O)C(C)C. The molecule has 1 aromatic rings. The second-order valence-electron chi connectivity index (χ2n) is 8.15. The number of benzene rings is 1. The van der Waals surface area contributed by atoms with Crippen LogP contribution in [0, 0.1) is 17.3 Å². The van der Waals surface area contributed by atoms with Gasteiger partial charge in [0.1, 0.15) is 6.04 Å². The van der Waals surface area contributed by atoms with Gasteiger partial charge >= 0.3 is 5.97 Å². The normalized spacial score (nSPS) is 26.1. The number of hydrogen-bond donors (Lipinski definition) is 1. The molecule has 1 spiro atoms. The van der Waals surface area contributed by atoms with Crippen LogP contribution in [0.1, 0.15) is 36.2 Å². The Hall–Kier alpha value is -2.21. The molecule has 6 nitrogen and oxygen atoms in total. The molecule has 0 radical (unpaired) electrons. The molecule has 3 atom stereocenters. The fraction of sp³-hybridized carbons (Fsp3) is 0.571. The second-order valence-corrected chi connectivity index (χ2v) is 8.15. The van der Waals surface area contributed by atoms with Gasteiger partial charge in [0, 0.05) is 18.7 Å². The van der Waals surface area contributed by atoms with E-state index < -0.39 is 23.3 Å². The molecule has 1 aliphatic heterocycles. The van der Waals surface area contributed by atoms with Gasteiger partial charge in [-0.15, -0.1) is 0 Å². The van der Waals surface area contributed by atoms with Crippen molar-refractivity contribution in [2.75, 3.05) is 27.2 Å². The van der Waals surface area contributed by atoms with Gasteiger partial charge in [-0.2, -0.15) is 0 Å². The van der Waals surface area contributed by atoms with E-state index in [-0.39, 0.29) is 17.6 Å². The first-order valence-electron chi connectivity index (χ1n) is 9.49. The van der Waals surface area contributed by atoms with Crippen LogP contribution < -0.4 is 5.32 Å². The molecule has 2 aliphatic rings. The number of rotatable bonds is 4. The van der Waals surface area contributed by atoms with Crippen molar-refractivity contribution in [3.8, 4) is 0 Å². The van der Waals surface area contributed by atoms with Gasteiger partial charge in [-0.1, -0.05) is 38.1 Å². The van der Waals surface area contributed by atoms with E-state index in [9.17, 15) is 14.4 Å². The zero-order valence-electron chi connectivity index (χ0n) is 16.5. The van der Waals surface area contributed by atoms with Crippen molar-refractivity contribution < 1.29 is 19.1 Å². The molecule has 6 heteroatoms. The molecular weight excluding hydrogens is 344 g/mol. The average molecular weight is 372 g/mol. The monoisotopic (exact) mass is 372 g/mol. The first kappa shape index (κ1) is 19.5. The van der Waals surface area contributed by atoms with Crippen molar-refractivity contribution in [1.29, 1.82) is 0 Å². The van der Waals surface area contributed by atoms with Crippen LogP contribution in [0.5, 0.6) is 0 Å². The highest BCUT2D eigenvalue weighted by atomic mass is 16.5. The third-order valence-corrected chi connectivity index (χ3v) is 6.00. The molecule has 146 valence electrons. The standard InChI is InChI=1S/C21H28N2O4/c1-13(2)17(20(26)27-4)22-19(25)16-11-23(3)12-21(16)10-9-14-7-5-6-8-15(14)18(21)24/h5-8,13,16-17H,9-12H2,1-4H3,(H,22,25)/t16-,17-,21+/m1/s1. The Balaban J connectivity index is 1.90. The number of carbonyl (C=O) groups is 3. The number of Topliss-reactive ketones (excluding diaryl/α,β-unsaturated/α-hetero) is 1. The average Bonchev–Trinajstić information content (AvgIpc) is 2.99. The number of likely N-dealkylation sites (tertiary alicyclic amines) is 1. The van der Waals surface area contributed by atoms with Crippen LogP contribution in [0.15, 0.2) is 24.3 Å². The zero-order valence-corrected chi connectivity index (χ0v) is 16.5. The maximum atomic E-state index is 13.4. The number of esters is 1. The maximum Gasteiger partial charge on any atom is 0.328 e. The van der Waals surface area contributed by atoms with Crippen molar-refractivity contribution in [3.05, 3.63) is 35.4 Å². The van der Waals surface area contributed by atoms with Crippen LogP contribution in [0.25, 0.3) is 0 Å². The predicted molar refractivity (Wildman–Crippen MR) is 101 cm³/mol. The van der Waals surface area contributed by atoms with Crippen molar-refractivity contribution in [2.24, 2.45) is 17.3 Å². The maximum absolute atomic E-state index is 13.4. The van der Waals surface area contributed by atoms with Crippen molar-refractivity contribution in [2.45, 2.75) is 32.7 Å². The predicted octanol–water partition coefficient (Wildman–Crippen LogP) is 1.68. The van der Waals surface area contributed by atoms with E-state index in [0.29, 0.717) is 19.5 Å². The quantitative estimate of drug-likeness (QED) is 0.814. The molecule has 3 rings (SSSR count). The Morgan fingerprint density at radius 1 is 1.30 bits per heavy atom. The van der Waals surface area contributed by atoms with Gasteiger partial charge in [-0.05, 0) is 31.4 Å². The lowest BCUT2D eigenvalue weighted by atomic mass is 9.64.